The predicted molar refractivity (Wildman–Crippen MR) is 82.8 cm³/mol. The standard InChI is InChI=1S/C18H13F3N2O2/c19-18(20,21)12-6-7-15-14(8-12)22-16-17(11-4-2-1-3-5-11)24-10-13(25-17)9-23(15)16/h1-8,13H,9-10H2. The zero-order valence-electron chi connectivity index (χ0n) is 13.0. The Morgan fingerprint density at radius 3 is 2.68 bits per heavy atom. The predicted octanol–water partition coefficient (Wildman–Crippen LogP) is 3.69. The van der Waals surface area contributed by atoms with Gasteiger partial charge in [-0.1, -0.05) is 30.3 Å². The van der Waals surface area contributed by atoms with Gasteiger partial charge in [0.05, 0.1) is 29.7 Å². The van der Waals surface area contributed by atoms with E-state index in [1.165, 1.54) is 6.07 Å². The normalized spacial score (nSPS) is 25.3. The summed E-state index contributed by atoms with van der Waals surface area (Å²) in [5, 5.41) is 0. The van der Waals surface area contributed by atoms with Crippen LogP contribution < -0.4 is 0 Å². The van der Waals surface area contributed by atoms with E-state index in [2.05, 4.69) is 4.98 Å². The molecule has 0 spiro atoms. The van der Waals surface area contributed by atoms with Crippen LogP contribution in [0.3, 0.4) is 0 Å². The van der Waals surface area contributed by atoms with E-state index in [-0.39, 0.29) is 6.10 Å². The third-order valence-corrected chi connectivity index (χ3v) is 4.72. The minimum absolute atomic E-state index is 0.160. The molecule has 1 saturated heterocycles. The summed E-state index contributed by atoms with van der Waals surface area (Å²) >= 11 is 0. The summed E-state index contributed by atoms with van der Waals surface area (Å²) in [4.78, 5) is 4.47. The molecule has 2 aromatic carbocycles. The van der Waals surface area contributed by atoms with E-state index in [0.717, 1.165) is 17.7 Å². The Morgan fingerprint density at radius 2 is 1.92 bits per heavy atom. The van der Waals surface area contributed by atoms with Gasteiger partial charge in [-0.2, -0.15) is 13.2 Å². The van der Waals surface area contributed by atoms with Crippen LogP contribution in [0.2, 0.25) is 0 Å². The van der Waals surface area contributed by atoms with Crippen LogP contribution in [0.5, 0.6) is 0 Å². The first-order chi connectivity index (χ1) is 12.0. The molecule has 0 saturated carbocycles. The van der Waals surface area contributed by atoms with E-state index in [0.29, 0.717) is 30.0 Å². The highest BCUT2D eigenvalue weighted by Crippen LogP contribution is 2.45. The minimum Gasteiger partial charge on any atom is -0.337 e. The Kier molecular flexibility index (Phi) is 2.88. The van der Waals surface area contributed by atoms with Crippen molar-refractivity contribution in [2.75, 3.05) is 6.61 Å². The monoisotopic (exact) mass is 346 g/mol. The first kappa shape index (κ1) is 14.9. The maximum absolute atomic E-state index is 13.0. The fourth-order valence-electron chi connectivity index (χ4n) is 3.60. The van der Waals surface area contributed by atoms with Crippen molar-refractivity contribution in [1.82, 2.24) is 9.55 Å². The Labute approximate surface area is 140 Å². The maximum Gasteiger partial charge on any atom is 0.416 e. The zero-order chi connectivity index (χ0) is 17.2. The molecule has 5 rings (SSSR count). The molecule has 7 heteroatoms. The van der Waals surface area contributed by atoms with Crippen LogP contribution in [0.25, 0.3) is 11.0 Å². The van der Waals surface area contributed by atoms with Crippen LogP contribution in [0, 0.1) is 0 Å². The Balaban J connectivity index is 1.75. The summed E-state index contributed by atoms with van der Waals surface area (Å²) in [5.74, 6) is -0.677. The van der Waals surface area contributed by atoms with Gasteiger partial charge in [-0.05, 0) is 18.2 Å². The molecule has 2 bridgehead atoms. The van der Waals surface area contributed by atoms with E-state index in [1.807, 2.05) is 34.9 Å². The van der Waals surface area contributed by atoms with Crippen LogP contribution >= 0.6 is 0 Å². The summed E-state index contributed by atoms with van der Waals surface area (Å²) in [6.45, 7) is 0.923. The molecule has 2 atom stereocenters. The molecule has 3 aromatic rings. The molecule has 2 unspecified atom stereocenters. The van der Waals surface area contributed by atoms with Gasteiger partial charge in [0.2, 0.25) is 0 Å². The van der Waals surface area contributed by atoms with Crippen molar-refractivity contribution >= 4 is 11.0 Å². The first-order valence-electron chi connectivity index (χ1n) is 7.93. The number of nitrogens with zero attached hydrogens (tertiary/aromatic N) is 2. The lowest BCUT2D eigenvalue weighted by atomic mass is 10.0. The SMILES string of the molecule is FC(F)(F)c1ccc2c(c1)nc1n2CC2COC1(c1ccccc1)O2. The van der Waals surface area contributed by atoms with Gasteiger partial charge in [-0.3, -0.25) is 0 Å². The number of hydrogen-bond donors (Lipinski definition) is 0. The molecule has 1 aromatic heterocycles. The number of rotatable bonds is 1. The topological polar surface area (TPSA) is 36.3 Å². The molecule has 0 radical (unpaired) electrons. The number of fused-ring (bicyclic) bond motifs is 6. The van der Waals surface area contributed by atoms with Gasteiger partial charge in [0.25, 0.3) is 5.79 Å². The third-order valence-electron chi connectivity index (χ3n) is 4.72. The number of alkyl halides is 3. The van der Waals surface area contributed by atoms with Crippen molar-refractivity contribution in [3.05, 3.63) is 65.5 Å². The fourth-order valence-corrected chi connectivity index (χ4v) is 3.60. The largest absolute Gasteiger partial charge is 0.416 e. The Bertz CT molecular complexity index is 968. The highest BCUT2D eigenvalue weighted by molar-refractivity contribution is 5.77. The highest BCUT2D eigenvalue weighted by atomic mass is 19.4. The highest BCUT2D eigenvalue weighted by Gasteiger charge is 2.52. The second-order valence-corrected chi connectivity index (χ2v) is 6.28. The third kappa shape index (κ3) is 2.06. The van der Waals surface area contributed by atoms with Gasteiger partial charge in [0.15, 0.2) is 5.82 Å². The van der Waals surface area contributed by atoms with Gasteiger partial charge in [-0.15, -0.1) is 0 Å². The quantitative estimate of drug-likeness (QED) is 0.674. The molecule has 1 fully saturated rings. The molecule has 3 heterocycles. The molecule has 2 aliphatic heterocycles. The van der Waals surface area contributed by atoms with Crippen LogP contribution in [0.15, 0.2) is 48.5 Å². The van der Waals surface area contributed by atoms with E-state index in [4.69, 9.17) is 9.47 Å². The fraction of sp³-hybridized carbons (Fsp3) is 0.278. The molecular weight excluding hydrogens is 333 g/mol. The molecule has 25 heavy (non-hydrogen) atoms. The first-order valence-corrected chi connectivity index (χ1v) is 7.93. The number of halogens is 3. The number of ether oxygens (including phenoxy) is 2. The lowest BCUT2D eigenvalue weighted by Gasteiger charge is -2.32. The van der Waals surface area contributed by atoms with E-state index >= 15 is 0 Å². The number of aromatic nitrogens is 2. The maximum atomic E-state index is 13.0. The number of benzene rings is 2. The second kappa shape index (κ2) is 4.83. The van der Waals surface area contributed by atoms with Crippen LogP contribution in [0.4, 0.5) is 13.2 Å². The Hall–Kier alpha value is -2.38. The number of hydrogen-bond acceptors (Lipinski definition) is 3. The van der Waals surface area contributed by atoms with Crippen LogP contribution in [-0.2, 0) is 28.0 Å². The van der Waals surface area contributed by atoms with Crippen LogP contribution in [-0.4, -0.2) is 22.3 Å². The molecule has 2 aliphatic rings. The zero-order valence-corrected chi connectivity index (χ0v) is 13.0. The van der Waals surface area contributed by atoms with E-state index in [9.17, 15) is 13.2 Å². The molecular formula is C18H13F3N2O2. The summed E-state index contributed by atoms with van der Waals surface area (Å²) in [6, 6.07) is 13.0. The van der Waals surface area contributed by atoms with Crippen LogP contribution in [0.1, 0.15) is 17.0 Å². The second-order valence-electron chi connectivity index (χ2n) is 6.28. The molecule has 4 nitrogen and oxygen atoms in total. The van der Waals surface area contributed by atoms with Crippen molar-refractivity contribution in [3.8, 4) is 0 Å². The average Bonchev–Trinajstić information content (AvgIpc) is 3.15. The van der Waals surface area contributed by atoms with Gasteiger partial charge in [0, 0.05) is 5.56 Å². The smallest absolute Gasteiger partial charge is 0.337 e. The van der Waals surface area contributed by atoms with Gasteiger partial charge in [-0.25, -0.2) is 4.98 Å². The summed E-state index contributed by atoms with van der Waals surface area (Å²) in [7, 11) is 0. The molecule has 0 N–H and O–H groups in total. The van der Waals surface area contributed by atoms with Crippen molar-refractivity contribution in [1.29, 1.82) is 0 Å². The van der Waals surface area contributed by atoms with Gasteiger partial charge < -0.3 is 14.0 Å². The van der Waals surface area contributed by atoms with Crippen molar-refractivity contribution in [2.24, 2.45) is 0 Å². The molecule has 0 aliphatic carbocycles. The van der Waals surface area contributed by atoms with E-state index < -0.39 is 17.5 Å². The summed E-state index contributed by atoms with van der Waals surface area (Å²) in [6.07, 6.45) is -4.56. The lowest BCUT2D eigenvalue weighted by Crippen LogP contribution is -2.38. The van der Waals surface area contributed by atoms with E-state index in [1.54, 1.807) is 0 Å². The van der Waals surface area contributed by atoms with Crippen molar-refractivity contribution < 1.29 is 22.6 Å². The van der Waals surface area contributed by atoms with Gasteiger partial charge in [0.1, 0.15) is 6.10 Å². The summed E-state index contributed by atoms with van der Waals surface area (Å²) in [5.41, 5.74) is 1.02. The minimum atomic E-state index is -4.40. The lowest BCUT2D eigenvalue weighted by molar-refractivity contribution is -0.162. The van der Waals surface area contributed by atoms with Crippen molar-refractivity contribution in [3.63, 3.8) is 0 Å². The Morgan fingerprint density at radius 1 is 1.12 bits per heavy atom. The molecule has 0 amide bonds. The number of imidazole rings is 1. The van der Waals surface area contributed by atoms with Crippen molar-refractivity contribution in [2.45, 2.75) is 24.6 Å². The molecule has 128 valence electrons. The average molecular weight is 346 g/mol. The van der Waals surface area contributed by atoms with Gasteiger partial charge >= 0.3 is 6.18 Å². The summed E-state index contributed by atoms with van der Waals surface area (Å²) < 4.78 is 53.0.